The fourth-order valence-electron chi connectivity index (χ4n) is 3.47. The zero-order valence-electron chi connectivity index (χ0n) is 19.8. The van der Waals surface area contributed by atoms with Gasteiger partial charge in [-0.05, 0) is 49.7 Å². The highest BCUT2D eigenvalue weighted by Crippen LogP contribution is 2.31. The Kier molecular flexibility index (Phi) is 7.14. The van der Waals surface area contributed by atoms with Crippen molar-refractivity contribution < 1.29 is 28.5 Å². The lowest BCUT2D eigenvalue weighted by Crippen LogP contribution is -2.11. The first-order chi connectivity index (χ1) is 17.7. The molecular weight excluding hydrogens is 482 g/mol. The summed E-state index contributed by atoms with van der Waals surface area (Å²) < 4.78 is 16.9. The number of non-ortho nitro benzene ring substituents is 1. The van der Waals surface area contributed by atoms with Gasteiger partial charge in [-0.1, -0.05) is 18.2 Å². The number of hydrogen-bond acceptors (Lipinski definition) is 8. The maximum absolute atomic E-state index is 12.7. The molecule has 0 saturated carbocycles. The highest BCUT2D eigenvalue weighted by atomic mass is 16.6. The van der Waals surface area contributed by atoms with Crippen LogP contribution in [0.2, 0.25) is 0 Å². The van der Waals surface area contributed by atoms with Gasteiger partial charge in [0, 0.05) is 23.8 Å². The predicted octanol–water partition coefficient (Wildman–Crippen LogP) is 6.34. The molecule has 1 aromatic heterocycles. The topological polar surface area (TPSA) is 147 Å². The molecule has 188 valence electrons. The highest BCUT2D eigenvalue weighted by molar-refractivity contribution is 6.02. The van der Waals surface area contributed by atoms with E-state index in [1.54, 1.807) is 25.1 Å². The average Bonchev–Trinajstić information content (AvgIpc) is 3.33. The van der Waals surface area contributed by atoms with Crippen LogP contribution >= 0.6 is 0 Å². The Bertz CT molecular complexity index is 1490. The second kappa shape index (κ2) is 10.6. The molecule has 1 N–H and O–H groups in total. The van der Waals surface area contributed by atoms with Crippen molar-refractivity contribution in [2.24, 2.45) is 0 Å². The summed E-state index contributed by atoms with van der Waals surface area (Å²) in [5.74, 6) is 0.795. The zero-order chi connectivity index (χ0) is 26.5. The van der Waals surface area contributed by atoms with Crippen LogP contribution < -0.4 is 14.8 Å². The fraction of sp³-hybridized carbons (Fsp3) is 0.115. The summed E-state index contributed by atoms with van der Waals surface area (Å²) in [5, 5.41) is 24.9. The van der Waals surface area contributed by atoms with Crippen molar-refractivity contribution in [3.8, 4) is 17.2 Å². The Balaban J connectivity index is 1.45. The van der Waals surface area contributed by atoms with Crippen LogP contribution in [0.3, 0.4) is 0 Å². The fourth-order valence-corrected chi connectivity index (χ4v) is 3.47. The number of nitrogens with zero attached hydrogens (tertiary/aromatic N) is 2. The minimum atomic E-state index is -0.625. The van der Waals surface area contributed by atoms with Crippen molar-refractivity contribution in [3.05, 3.63) is 116 Å². The first kappa shape index (κ1) is 24.9. The monoisotopic (exact) mass is 503 g/mol. The van der Waals surface area contributed by atoms with Gasteiger partial charge in [0.15, 0.2) is 5.76 Å². The zero-order valence-corrected chi connectivity index (χ0v) is 19.8. The number of ether oxygens (including phenoxy) is 2. The van der Waals surface area contributed by atoms with E-state index < -0.39 is 15.8 Å². The molecule has 3 aromatic carbocycles. The van der Waals surface area contributed by atoms with Crippen molar-refractivity contribution in [1.82, 2.24) is 0 Å². The summed E-state index contributed by atoms with van der Waals surface area (Å²) in [6, 6.07) is 18.5. The molecule has 1 amide bonds. The maximum Gasteiger partial charge on any atom is 0.291 e. The van der Waals surface area contributed by atoms with Crippen molar-refractivity contribution in [3.63, 3.8) is 0 Å². The van der Waals surface area contributed by atoms with Crippen LogP contribution in [-0.2, 0) is 6.61 Å². The van der Waals surface area contributed by atoms with Gasteiger partial charge in [0.2, 0.25) is 0 Å². The summed E-state index contributed by atoms with van der Waals surface area (Å²) in [4.78, 5) is 34.0. The van der Waals surface area contributed by atoms with Gasteiger partial charge in [0.05, 0.1) is 21.6 Å². The molecule has 11 nitrogen and oxygen atoms in total. The lowest BCUT2D eigenvalue weighted by atomic mass is 10.2. The predicted molar refractivity (Wildman–Crippen MR) is 133 cm³/mol. The number of benzene rings is 3. The number of rotatable bonds is 9. The van der Waals surface area contributed by atoms with Gasteiger partial charge in [0.1, 0.15) is 29.6 Å². The smallest absolute Gasteiger partial charge is 0.291 e. The third kappa shape index (κ3) is 6.09. The molecule has 0 fully saturated rings. The first-order valence-corrected chi connectivity index (χ1v) is 11.0. The number of aryl methyl sites for hydroxylation is 2. The minimum absolute atomic E-state index is 0.0158. The van der Waals surface area contributed by atoms with E-state index in [0.717, 1.165) is 5.56 Å². The quantitative estimate of drug-likeness (QED) is 0.206. The van der Waals surface area contributed by atoms with Crippen LogP contribution in [-0.4, -0.2) is 15.8 Å². The third-order valence-electron chi connectivity index (χ3n) is 5.31. The van der Waals surface area contributed by atoms with Gasteiger partial charge in [-0.15, -0.1) is 0 Å². The van der Waals surface area contributed by atoms with Gasteiger partial charge in [-0.3, -0.25) is 25.0 Å². The molecule has 0 bridgehead atoms. The Morgan fingerprint density at radius 2 is 1.68 bits per heavy atom. The minimum Gasteiger partial charge on any atom is -0.486 e. The SMILES string of the molecule is Cc1ccccc1Oc1cc(NC(=O)c2ccc(COc3ccc([N+](=O)[O-])c(C)c3)o2)cc([N+](=O)[O-])c1. The molecule has 0 saturated heterocycles. The number of para-hydroxylation sites is 1. The number of nitro groups is 2. The number of nitro benzene ring substituents is 2. The van der Waals surface area contributed by atoms with E-state index in [-0.39, 0.29) is 35.2 Å². The summed E-state index contributed by atoms with van der Waals surface area (Å²) in [6.07, 6.45) is 0. The van der Waals surface area contributed by atoms with Crippen molar-refractivity contribution in [1.29, 1.82) is 0 Å². The Hall–Kier alpha value is -5.19. The molecule has 0 atom stereocenters. The maximum atomic E-state index is 12.7. The summed E-state index contributed by atoms with van der Waals surface area (Å²) in [5.41, 5.74) is 1.17. The average molecular weight is 503 g/mol. The molecule has 0 spiro atoms. The number of furan rings is 1. The number of nitrogens with one attached hydrogen (secondary N) is 1. The number of carbonyl (C=O) groups is 1. The second-order valence-corrected chi connectivity index (χ2v) is 8.05. The molecule has 4 aromatic rings. The highest BCUT2D eigenvalue weighted by Gasteiger charge is 2.17. The molecule has 37 heavy (non-hydrogen) atoms. The molecule has 0 aliphatic heterocycles. The van der Waals surface area contributed by atoms with Gasteiger partial charge >= 0.3 is 0 Å². The third-order valence-corrected chi connectivity index (χ3v) is 5.31. The van der Waals surface area contributed by atoms with Gasteiger partial charge in [0.25, 0.3) is 17.3 Å². The Labute approximate surface area is 210 Å². The van der Waals surface area contributed by atoms with Crippen LogP contribution in [0, 0.1) is 34.1 Å². The van der Waals surface area contributed by atoms with E-state index in [1.165, 1.54) is 42.5 Å². The number of anilines is 1. The summed E-state index contributed by atoms with van der Waals surface area (Å²) in [7, 11) is 0. The standard InChI is InChI=1S/C26H21N3O8/c1-16-5-3-4-6-24(16)37-22-13-18(12-19(14-22)28(31)32)27-26(30)25-10-8-21(36-25)15-35-20-7-9-23(29(33)34)17(2)11-20/h3-14H,15H2,1-2H3,(H,27,30). The second-order valence-electron chi connectivity index (χ2n) is 8.05. The Morgan fingerprint density at radius 3 is 2.38 bits per heavy atom. The van der Waals surface area contributed by atoms with Crippen molar-refractivity contribution >= 4 is 23.0 Å². The molecule has 0 aliphatic carbocycles. The summed E-state index contributed by atoms with van der Waals surface area (Å²) in [6.45, 7) is 3.43. The number of carbonyl (C=O) groups excluding carboxylic acids is 1. The number of amides is 1. The Morgan fingerprint density at radius 1 is 0.892 bits per heavy atom. The van der Waals surface area contributed by atoms with Crippen LogP contribution in [0.5, 0.6) is 17.2 Å². The van der Waals surface area contributed by atoms with E-state index in [9.17, 15) is 25.0 Å². The number of hydrogen-bond donors (Lipinski definition) is 1. The van der Waals surface area contributed by atoms with Gasteiger partial charge < -0.3 is 19.2 Å². The molecule has 1 heterocycles. The van der Waals surface area contributed by atoms with Crippen molar-refractivity contribution in [2.75, 3.05) is 5.32 Å². The normalized spacial score (nSPS) is 10.5. The van der Waals surface area contributed by atoms with E-state index in [1.807, 2.05) is 19.1 Å². The lowest BCUT2D eigenvalue weighted by Gasteiger charge is -2.10. The van der Waals surface area contributed by atoms with Crippen molar-refractivity contribution in [2.45, 2.75) is 20.5 Å². The van der Waals surface area contributed by atoms with Gasteiger partial charge in [-0.2, -0.15) is 0 Å². The molecule has 0 unspecified atom stereocenters. The molecule has 0 radical (unpaired) electrons. The molecular formula is C26H21N3O8. The largest absolute Gasteiger partial charge is 0.486 e. The molecule has 11 heteroatoms. The van der Waals surface area contributed by atoms with Crippen LogP contribution in [0.4, 0.5) is 17.1 Å². The first-order valence-electron chi connectivity index (χ1n) is 11.0. The van der Waals surface area contributed by atoms with E-state index >= 15 is 0 Å². The molecule has 0 aliphatic rings. The molecule has 4 rings (SSSR count). The van der Waals surface area contributed by atoms with Crippen LogP contribution in [0.1, 0.15) is 27.4 Å². The summed E-state index contributed by atoms with van der Waals surface area (Å²) >= 11 is 0. The van der Waals surface area contributed by atoms with E-state index in [4.69, 9.17) is 13.9 Å². The van der Waals surface area contributed by atoms with Crippen LogP contribution in [0.25, 0.3) is 0 Å². The lowest BCUT2D eigenvalue weighted by molar-refractivity contribution is -0.385. The van der Waals surface area contributed by atoms with Gasteiger partial charge in [-0.25, -0.2) is 0 Å². The van der Waals surface area contributed by atoms with Crippen LogP contribution in [0.15, 0.2) is 77.2 Å². The van der Waals surface area contributed by atoms with E-state index in [0.29, 0.717) is 22.8 Å². The van der Waals surface area contributed by atoms with E-state index in [2.05, 4.69) is 5.32 Å².